The molecule has 1 atom stereocenters. The van der Waals surface area contributed by atoms with E-state index in [4.69, 9.17) is 14.0 Å². The van der Waals surface area contributed by atoms with Gasteiger partial charge in [-0.25, -0.2) is 4.39 Å². The van der Waals surface area contributed by atoms with Crippen LogP contribution in [-0.4, -0.2) is 35.9 Å². The number of carbonyl (C=O) groups is 1. The molecule has 1 aromatic heterocycles. The number of aromatic nitrogens is 2. The fourth-order valence-electron chi connectivity index (χ4n) is 3.94. The van der Waals surface area contributed by atoms with E-state index < -0.39 is 0 Å². The topological polar surface area (TPSA) is 89.7 Å². The molecule has 8 nitrogen and oxygen atoms in total. The van der Waals surface area contributed by atoms with E-state index in [1.807, 2.05) is 4.90 Å². The number of anilines is 2. The van der Waals surface area contributed by atoms with Gasteiger partial charge in [0.15, 0.2) is 17.3 Å². The van der Waals surface area contributed by atoms with E-state index >= 15 is 0 Å². The van der Waals surface area contributed by atoms with Gasteiger partial charge >= 0.3 is 0 Å². The number of aryl methyl sites for hydroxylation is 1. The van der Waals surface area contributed by atoms with Gasteiger partial charge in [-0.15, -0.1) is 0 Å². The van der Waals surface area contributed by atoms with E-state index in [-0.39, 0.29) is 30.3 Å². The van der Waals surface area contributed by atoms with Crippen LogP contribution in [0.3, 0.4) is 0 Å². The highest BCUT2D eigenvalue weighted by atomic mass is 19.1. The van der Waals surface area contributed by atoms with Crippen LogP contribution in [0.15, 0.2) is 40.9 Å². The second-order valence-electron chi connectivity index (χ2n) is 7.66. The minimum Gasteiger partial charge on any atom is -0.454 e. The van der Waals surface area contributed by atoms with Crippen molar-refractivity contribution in [2.75, 3.05) is 30.1 Å². The largest absolute Gasteiger partial charge is 0.454 e. The van der Waals surface area contributed by atoms with E-state index in [1.54, 1.807) is 37.3 Å². The summed E-state index contributed by atoms with van der Waals surface area (Å²) in [6, 6.07) is 10.1. The fraction of sp³-hybridized carbons (Fsp3) is 0.318. The minimum atomic E-state index is -0.384. The number of nitrogens with zero attached hydrogens (tertiary/aromatic N) is 3. The third-order valence-corrected chi connectivity index (χ3v) is 5.50. The zero-order valence-corrected chi connectivity index (χ0v) is 16.9. The number of hydrogen-bond acceptors (Lipinski definition) is 7. The Morgan fingerprint density at radius 2 is 2.06 bits per heavy atom. The van der Waals surface area contributed by atoms with Crippen molar-refractivity contribution < 1.29 is 23.2 Å². The molecular formula is C22H21FN4O4. The van der Waals surface area contributed by atoms with Crippen molar-refractivity contribution in [1.82, 2.24) is 10.1 Å². The Kier molecular flexibility index (Phi) is 4.93. The number of benzene rings is 2. The van der Waals surface area contributed by atoms with Crippen molar-refractivity contribution in [3.05, 3.63) is 48.0 Å². The Bertz CT molecular complexity index is 1130. The summed E-state index contributed by atoms with van der Waals surface area (Å²) in [6.45, 7) is 3.01. The zero-order chi connectivity index (χ0) is 21.4. The molecule has 1 unspecified atom stereocenters. The van der Waals surface area contributed by atoms with Gasteiger partial charge in [0, 0.05) is 30.4 Å². The lowest BCUT2D eigenvalue weighted by atomic mass is 9.96. The molecular weight excluding hydrogens is 403 g/mol. The van der Waals surface area contributed by atoms with Gasteiger partial charge < -0.3 is 24.2 Å². The smallest absolute Gasteiger partial charge is 0.258 e. The summed E-state index contributed by atoms with van der Waals surface area (Å²) in [5, 5.41) is 6.68. The van der Waals surface area contributed by atoms with Gasteiger partial charge in [0.2, 0.25) is 12.7 Å². The first-order valence-electron chi connectivity index (χ1n) is 10.1. The summed E-state index contributed by atoms with van der Waals surface area (Å²) in [4.78, 5) is 18.9. The predicted molar refractivity (Wildman–Crippen MR) is 111 cm³/mol. The zero-order valence-electron chi connectivity index (χ0n) is 16.9. The van der Waals surface area contributed by atoms with Crippen molar-refractivity contribution in [1.29, 1.82) is 0 Å². The summed E-state index contributed by atoms with van der Waals surface area (Å²) in [5.41, 5.74) is 1.63. The highest BCUT2D eigenvalue weighted by Gasteiger charge is 2.28. The molecule has 1 fully saturated rings. The quantitative estimate of drug-likeness (QED) is 0.682. The van der Waals surface area contributed by atoms with Crippen molar-refractivity contribution >= 4 is 17.3 Å². The summed E-state index contributed by atoms with van der Waals surface area (Å²) < 4.78 is 30.6. The Hall–Kier alpha value is -3.62. The first kappa shape index (κ1) is 19.3. The molecule has 1 amide bonds. The van der Waals surface area contributed by atoms with E-state index in [0.29, 0.717) is 47.4 Å². The molecule has 9 heteroatoms. The molecule has 2 aromatic carbocycles. The molecule has 0 spiro atoms. The average Bonchev–Trinajstić information content (AvgIpc) is 3.42. The van der Waals surface area contributed by atoms with E-state index in [9.17, 15) is 9.18 Å². The summed E-state index contributed by atoms with van der Waals surface area (Å²) >= 11 is 0. The van der Waals surface area contributed by atoms with Crippen LogP contribution in [0.4, 0.5) is 15.8 Å². The first-order chi connectivity index (χ1) is 15.1. The number of fused-ring (bicyclic) bond motifs is 1. The molecule has 31 heavy (non-hydrogen) atoms. The number of rotatable bonds is 4. The highest BCUT2D eigenvalue weighted by molar-refractivity contribution is 5.93. The molecule has 0 radical (unpaired) electrons. The van der Waals surface area contributed by atoms with Crippen molar-refractivity contribution in [3.63, 3.8) is 0 Å². The molecule has 0 saturated carbocycles. The lowest BCUT2D eigenvalue weighted by Crippen LogP contribution is -2.41. The maximum atomic E-state index is 14.9. The number of carbonyl (C=O) groups excluding carboxylic acids is 1. The third-order valence-electron chi connectivity index (χ3n) is 5.50. The lowest BCUT2D eigenvalue weighted by molar-refractivity contribution is -0.120. The first-order valence-corrected chi connectivity index (χ1v) is 10.1. The number of hydrogen-bond donors (Lipinski definition) is 1. The molecule has 1 N–H and O–H groups in total. The average molecular weight is 424 g/mol. The SMILES string of the molecule is Cc1noc(-c2ccc(N3CCCC(C(=O)Nc4ccc5c(c4)OCO5)C3)c(F)c2)n1. The summed E-state index contributed by atoms with van der Waals surface area (Å²) in [5.74, 6) is 1.32. The predicted octanol–water partition coefficient (Wildman–Crippen LogP) is 3.77. The standard InChI is InChI=1S/C22H21FN4O4/c1-13-24-22(31-26-13)14-4-6-18(17(23)9-14)27-8-2-3-15(11-27)21(28)25-16-5-7-19-20(10-16)30-12-29-19/h4-7,9-10,15H,2-3,8,11-12H2,1H3,(H,25,28). The second-order valence-corrected chi connectivity index (χ2v) is 7.66. The van der Waals surface area contributed by atoms with Gasteiger partial charge in [-0.1, -0.05) is 5.16 Å². The molecule has 5 rings (SSSR count). The number of halogens is 1. The van der Waals surface area contributed by atoms with E-state index in [2.05, 4.69) is 15.5 Å². The molecule has 1 saturated heterocycles. The van der Waals surface area contributed by atoms with Crippen LogP contribution < -0.4 is 19.7 Å². The van der Waals surface area contributed by atoms with Crippen LogP contribution in [0.5, 0.6) is 11.5 Å². The van der Waals surface area contributed by atoms with Crippen LogP contribution in [0.1, 0.15) is 18.7 Å². The number of ether oxygens (including phenoxy) is 2. The van der Waals surface area contributed by atoms with Crippen molar-refractivity contribution in [2.45, 2.75) is 19.8 Å². The van der Waals surface area contributed by atoms with Gasteiger partial charge in [-0.3, -0.25) is 4.79 Å². The normalized spacial score (nSPS) is 17.6. The number of amides is 1. The number of piperidine rings is 1. The molecule has 160 valence electrons. The summed E-state index contributed by atoms with van der Waals surface area (Å²) in [7, 11) is 0. The maximum absolute atomic E-state index is 14.9. The van der Waals surface area contributed by atoms with Crippen molar-refractivity contribution in [3.8, 4) is 23.0 Å². The molecule has 3 aromatic rings. The second kappa shape index (κ2) is 7.90. The monoisotopic (exact) mass is 424 g/mol. The Morgan fingerprint density at radius 1 is 1.19 bits per heavy atom. The lowest BCUT2D eigenvalue weighted by Gasteiger charge is -2.34. The van der Waals surface area contributed by atoms with Crippen LogP contribution in [0.25, 0.3) is 11.5 Å². The van der Waals surface area contributed by atoms with E-state index in [0.717, 1.165) is 12.8 Å². The van der Waals surface area contributed by atoms with Crippen LogP contribution in [0.2, 0.25) is 0 Å². The fourth-order valence-corrected chi connectivity index (χ4v) is 3.94. The molecule has 3 heterocycles. The molecule has 0 bridgehead atoms. The van der Waals surface area contributed by atoms with Gasteiger partial charge in [0.25, 0.3) is 5.89 Å². The Balaban J connectivity index is 1.28. The van der Waals surface area contributed by atoms with E-state index in [1.165, 1.54) is 6.07 Å². The van der Waals surface area contributed by atoms with Crippen LogP contribution in [-0.2, 0) is 4.79 Å². The van der Waals surface area contributed by atoms with Crippen LogP contribution >= 0.6 is 0 Å². The summed E-state index contributed by atoms with van der Waals surface area (Å²) in [6.07, 6.45) is 1.54. The highest BCUT2D eigenvalue weighted by Crippen LogP contribution is 2.35. The molecule has 2 aliphatic rings. The maximum Gasteiger partial charge on any atom is 0.258 e. The van der Waals surface area contributed by atoms with Gasteiger partial charge in [0.05, 0.1) is 11.6 Å². The van der Waals surface area contributed by atoms with Crippen LogP contribution in [0, 0.1) is 18.7 Å². The van der Waals surface area contributed by atoms with Gasteiger partial charge in [0.1, 0.15) is 5.82 Å². The van der Waals surface area contributed by atoms with Gasteiger partial charge in [-0.2, -0.15) is 4.98 Å². The molecule has 2 aliphatic heterocycles. The third kappa shape index (κ3) is 3.90. The Labute approximate surface area is 178 Å². The Morgan fingerprint density at radius 3 is 2.87 bits per heavy atom. The molecule has 0 aliphatic carbocycles. The van der Waals surface area contributed by atoms with Gasteiger partial charge in [-0.05, 0) is 50.1 Å². The minimum absolute atomic E-state index is 0.0954. The van der Waals surface area contributed by atoms with Crippen molar-refractivity contribution in [2.24, 2.45) is 5.92 Å². The number of nitrogens with one attached hydrogen (secondary N) is 1.